The van der Waals surface area contributed by atoms with Crippen molar-refractivity contribution in [3.63, 3.8) is 0 Å². The van der Waals surface area contributed by atoms with E-state index in [0.717, 1.165) is 25.0 Å². The number of benzene rings is 1. The molecule has 0 spiro atoms. The number of anilines is 1. The van der Waals surface area contributed by atoms with E-state index in [4.69, 9.17) is 4.74 Å². The number of nitrogens with one attached hydrogen (secondary N) is 1. The van der Waals surface area contributed by atoms with Crippen LogP contribution in [0.5, 0.6) is 0 Å². The number of hydrogen-bond acceptors (Lipinski definition) is 4. The Kier molecular flexibility index (Phi) is 6.14. The van der Waals surface area contributed by atoms with Gasteiger partial charge in [0.25, 0.3) is 5.69 Å². The Balaban J connectivity index is 2.48. The number of hydrogen-bond donors (Lipinski definition) is 1. The lowest BCUT2D eigenvalue weighted by atomic mass is 10.1. The van der Waals surface area contributed by atoms with E-state index in [1.807, 2.05) is 13.0 Å². The first kappa shape index (κ1) is 14.4. The van der Waals surface area contributed by atoms with Crippen molar-refractivity contribution >= 4 is 11.4 Å². The molecule has 5 nitrogen and oxygen atoms in total. The minimum Gasteiger partial charge on any atom is -0.380 e. The van der Waals surface area contributed by atoms with Gasteiger partial charge in [-0.05, 0) is 18.9 Å². The standard InChI is InChI=1S/C13H20N2O3/c1-3-4-9-18-10-8-14-13-11(2)6-5-7-12(13)15(16)17/h5-7,14H,3-4,8-10H2,1-2H3. The molecule has 0 heterocycles. The second-order valence-corrected chi connectivity index (χ2v) is 4.12. The Bertz CT molecular complexity index is 394. The molecule has 1 aromatic carbocycles. The third-order valence-corrected chi connectivity index (χ3v) is 2.64. The summed E-state index contributed by atoms with van der Waals surface area (Å²) in [6, 6.07) is 5.05. The summed E-state index contributed by atoms with van der Waals surface area (Å²) < 4.78 is 5.40. The zero-order valence-corrected chi connectivity index (χ0v) is 10.9. The molecule has 1 rings (SSSR count). The van der Waals surface area contributed by atoms with Crippen LogP contribution in [0.4, 0.5) is 11.4 Å². The van der Waals surface area contributed by atoms with Crippen LogP contribution in [0.1, 0.15) is 25.3 Å². The number of nitro benzene ring substituents is 1. The molecular weight excluding hydrogens is 232 g/mol. The number of ether oxygens (including phenoxy) is 1. The zero-order valence-electron chi connectivity index (χ0n) is 10.9. The van der Waals surface area contributed by atoms with Gasteiger partial charge in [-0.1, -0.05) is 25.5 Å². The predicted molar refractivity (Wildman–Crippen MR) is 72.1 cm³/mol. The molecule has 0 atom stereocenters. The largest absolute Gasteiger partial charge is 0.380 e. The molecule has 18 heavy (non-hydrogen) atoms. The van der Waals surface area contributed by atoms with Crippen LogP contribution in [-0.2, 0) is 4.74 Å². The van der Waals surface area contributed by atoms with Crippen molar-refractivity contribution in [2.75, 3.05) is 25.1 Å². The summed E-state index contributed by atoms with van der Waals surface area (Å²) in [5.74, 6) is 0. The van der Waals surface area contributed by atoms with Crippen molar-refractivity contribution in [2.45, 2.75) is 26.7 Å². The molecule has 5 heteroatoms. The second kappa shape index (κ2) is 7.66. The third-order valence-electron chi connectivity index (χ3n) is 2.64. The summed E-state index contributed by atoms with van der Waals surface area (Å²) in [5.41, 5.74) is 1.57. The fourth-order valence-corrected chi connectivity index (χ4v) is 1.63. The molecular formula is C13H20N2O3. The number of nitro groups is 1. The number of aryl methyl sites for hydroxylation is 1. The van der Waals surface area contributed by atoms with Crippen molar-refractivity contribution in [1.29, 1.82) is 0 Å². The van der Waals surface area contributed by atoms with Crippen molar-refractivity contribution in [2.24, 2.45) is 0 Å². The van der Waals surface area contributed by atoms with E-state index in [0.29, 0.717) is 18.8 Å². The molecule has 0 aliphatic rings. The lowest BCUT2D eigenvalue weighted by Gasteiger charge is -2.10. The highest BCUT2D eigenvalue weighted by Crippen LogP contribution is 2.27. The van der Waals surface area contributed by atoms with Crippen LogP contribution in [0.25, 0.3) is 0 Å². The smallest absolute Gasteiger partial charge is 0.292 e. The van der Waals surface area contributed by atoms with E-state index in [1.165, 1.54) is 6.07 Å². The first-order chi connectivity index (χ1) is 8.66. The van der Waals surface area contributed by atoms with E-state index < -0.39 is 0 Å². The fourth-order valence-electron chi connectivity index (χ4n) is 1.63. The van der Waals surface area contributed by atoms with Crippen LogP contribution in [0, 0.1) is 17.0 Å². The Morgan fingerprint density at radius 3 is 2.83 bits per heavy atom. The molecule has 0 saturated carbocycles. The second-order valence-electron chi connectivity index (χ2n) is 4.12. The van der Waals surface area contributed by atoms with Gasteiger partial charge in [0.15, 0.2) is 0 Å². The molecule has 0 unspecified atom stereocenters. The topological polar surface area (TPSA) is 64.4 Å². The highest BCUT2D eigenvalue weighted by Gasteiger charge is 2.14. The number of rotatable bonds is 8. The van der Waals surface area contributed by atoms with Gasteiger partial charge in [-0.15, -0.1) is 0 Å². The number of nitrogens with zero attached hydrogens (tertiary/aromatic N) is 1. The van der Waals surface area contributed by atoms with Gasteiger partial charge in [-0.2, -0.15) is 0 Å². The van der Waals surface area contributed by atoms with Gasteiger partial charge < -0.3 is 10.1 Å². The van der Waals surface area contributed by atoms with Gasteiger partial charge in [0.05, 0.1) is 11.5 Å². The SMILES string of the molecule is CCCCOCCNc1c(C)cccc1[N+](=O)[O-]. The molecule has 0 aliphatic heterocycles. The first-order valence-electron chi connectivity index (χ1n) is 6.22. The van der Waals surface area contributed by atoms with E-state index in [9.17, 15) is 10.1 Å². The maximum atomic E-state index is 10.9. The van der Waals surface area contributed by atoms with Gasteiger partial charge in [0.1, 0.15) is 5.69 Å². The predicted octanol–water partition coefficient (Wildman–Crippen LogP) is 3.13. The van der Waals surface area contributed by atoms with Crippen LogP contribution >= 0.6 is 0 Å². The highest BCUT2D eigenvalue weighted by atomic mass is 16.6. The average molecular weight is 252 g/mol. The third kappa shape index (κ3) is 4.33. The van der Waals surface area contributed by atoms with Crippen LogP contribution in [0.2, 0.25) is 0 Å². The summed E-state index contributed by atoms with van der Waals surface area (Å²) >= 11 is 0. The fraction of sp³-hybridized carbons (Fsp3) is 0.538. The summed E-state index contributed by atoms with van der Waals surface area (Å²) in [6.45, 7) is 5.85. The average Bonchev–Trinajstić information content (AvgIpc) is 2.34. The van der Waals surface area contributed by atoms with E-state index >= 15 is 0 Å². The molecule has 0 radical (unpaired) electrons. The molecule has 1 aromatic rings. The van der Waals surface area contributed by atoms with Crippen molar-refractivity contribution in [3.05, 3.63) is 33.9 Å². The minimum absolute atomic E-state index is 0.114. The normalized spacial score (nSPS) is 10.3. The minimum atomic E-state index is -0.368. The van der Waals surface area contributed by atoms with Crippen molar-refractivity contribution in [3.8, 4) is 0 Å². The molecule has 0 aliphatic carbocycles. The van der Waals surface area contributed by atoms with Gasteiger partial charge >= 0.3 is 0 Å². The molecule has 0 amide bonds. The van der Waals surface area contributed by atoms with Gasteiger partial charge in [0, 0.05) is 19.2 Å². The number of unbranched alkanes of at least 4 members (excludes halogenated alkanes) is 1. The van der Waals surface area contributed by atoms with Crippen LogP contribution < -0.4 is 5.32 Å². The van der Waals surface area contributed by atoms with Crippen molar-refractivity contribution in [1.82, 2.24) is 0 Å². The van der Waals surface area contributed by atoms with Crippen molar-refractivity contribution < 1.29 is 9.66 Å². The van der Waals surface area contributed by atoms with Gasteiger partial charge in [-0.25, -0.2) is 0 Å². The van der Waals surface area contributed by atoms with E-state index in [1.54, 1.807) is 6.07 Å². The first-order valence-corrected chi connectivity index (χ1v) is 6.22. The van der Waals surface area contributed by atoms with Crippen LogP contribution in [0.15, 0.2) is 18.2 Å². The molecule has 0 bridgehead atoms. The molecule has 100 valence electrons. The molecule has 0 fully saturated rings. The Labute approximate surface area is 107 Å². The van der Waals surface area contributed by atoms with E-state index in [2.05, 4.69) is 12.2 Å². The summed E-state index contributed by atoms with van der Waals surface area (Å²) in [4.78, 5) is 10.5. The lowest BCUT2D eigenvalue weighted by Crippen LogP contribution is -2.12. The molecule has 1 N–H and O–H groups in total. The quantitative estimate of drug-likeness (QED) is 0.438. The molecule has 0 saturated heterocycles. The Morgan fingerprint density at radius 1 is 1.39 bits per heavy atom. The van der Waals surface area contributed by atoms with Gasteiger partial charge in [0.2, 0.25) is 0 Å². The lowest BCUT2D eigenvalue weighted by molar-refractivity contribution is -0.384. The number of para-hydroxylation sites is 1. The highest BCUT2D eigenvalue weighted by molar-refractivity contribution is 5.65. The maximum absolute atomic E-state index is 10.9. The summed E-state index contributed by atoms with van der Waals surface area (Å²) in [7, 11) is 0. The van der Waals surface area contributed by atoms with Crippen LogP contribution in [-0.4, -0.2) is 24.7 Å². The maximum Gasteiger partial charge on any atom is 0.292 e. The summed E-state index contributed by atoms with van der Waals surface area (Å²) in [5, 5.41) is 14.0. The zero-order chi connectivity index (χ0) is 13.4. The Hall–Kier alpha value is -1.62. The monoisotopic (exact) mass is 252 g/mol. The van der Waals surface area contributed by atoms with Gasteiger partial charge in [-0.3, -0.25) is 10.1 Å². The van der Waals surface area contributed by atoms with E-state index in [-0.39, 0.29) is 10.6 Å². The van der Waals surface area contributed by atoms with Crippen LogP contribution in [0.3, 0.4) is 0 Å². The summed E-state index contributed by atoms with van der Waals surface area (Å²) in [6.07, 6.45) is 2.15. The Morgan fingerprint density at radius 2 is 2.17 bits per heavy atom. The molecule has 0 aromatic heterocycles.